The maximum Gasteiger partial charge on any atom is 0.446 e. The Morgan fingerprint density at radius 2 is 1.61 bits per heavy atom. The molecule has 2 aromatic heterocycles. The topological polar surface area (TPSA) is 35.6 Å². The molecule has 0 N–H and O–H groups in total. The smallest absolute Gasteiger partial charge is 0.212 e. The van der Waals surface area contributed by atoms with Gasteiger partial charge in [0.1, 0.15) is 4.60 Å². The van der Waals surface area contributed by atoms with E-state index in [4.69, 9.17) is 11.6 Å². The molecule has 0 bridgehead atoms. The van der Waals surface area contributed by atoms with Gasteiger partial charge in [-0.05, 0) is 55.8 Å². The second-order valence-corrected chi connectivity index (χ2v) is 9.25. The number of aromatic nitrogens is 4. The maximum absolute atomic E-state index is 13.1. The van der Waals surface area contributed by atoms with Crippen LogP contribution in [0.2, 0.25) is 5.02 Å². The van der Waals surface area contributed by atoms with E-state index in [1.165, 1.54) is 0 Å². The van der Waals surface area contributed by atoms with Crippen molar-refractivity contribution in [3.8, 4) is 11.5 Å². The van der Waals surface area contributed by atoms with Crippen LogP contribution in [0.3, 0.4) is 0 Å². The highest BCUT2D eigenvalue weighted by atomic mass is 79.9. The summed E-state index contributed by atoms with van der Waals surface area (Å²) in [6.45, 7) is 0. The zero-order chi connectivity index (χ0) is 24.9. The van der Waals surface area contributed by atoms with E-state index in [9.17, 15) is 39.5 Å². The van der Waals surface area contributed by atoms with Gasteiger partial charge in [-0.1, -0.05) is 11.6 Å². The zero-order valence-corrected chi connectivity index (χ0v) is 19.9. The van der Waals surface area contributed by atoms with Crippen LogP contribution >= 0.6 is 55.2 Å². The molecular weight excluding hydrogens is 647 g/mol. The lowest BCUT2D eigenvalue weighted by Gasteiger charge is -2.12. The van der Waals surface area contributed by atoms with Crippen molar-refractivity contribution in [1.29, 1.82) is 0 Å². The van der Waals surface area contributed by atoms with Crippen molar-refractivity contribution in [2.75, 3.05) is 0 Å². The number of halogens is 12. The predicted molar refractivity (Wildman–Crippen MR) is 107 cm³/mol. The Bertz CT molecular complexity index is 1180. The SMILES string of the molecule is FC(F)(F)Cc1nn(-c2cc(SC(F)(F)F)c[c]c2Cl)c(-n2nc(C(F)(F)F)cc2Br)c1Br. The number of alkyl halides is 9. The van der Waals surface area contributed by atoms with E-state index >= 15 is 0 Å². The number of rotatable bonds is 4. The van der Waals surface area contributed by atoms with Gasteiger partial charge in [0.15, 0.2) is 11.5 Å². The molecule has 17 heteroatoms. The lowest BCUT2D eigenvalue weighted by Crippen LogP contribution is -2.13. The van der Waals surface area contributed by atoms with Gasteiger partial charge in [-0.3, -0.25) is 0 Å². The second-order valence-electron chi connectivity index (χ2n) is 6.13. The van der Waals surface area contributed by atoms with Gasteiger partial charge >= 0.3 is 17.9 Å². The van der Waals surface area contributed by atoms with E-state index in [-0.39, 0.29) is 15.3 Å². The van der Waals surface area contributed by atoms with Crippen LogP contribution in [0.4, 0.5) is 39.5 Å². The third-order valence-electron chi connectivity index (χ3n) is 3.70. The molecule has 0 spiro atoms. The summed E-state index contributed by atoms with van der Waals surface area (Å²) in [6, 6.07) is 4.63. The van der Waals surface area contributed by atoms with Gasteiger partial charge < -0.3 is 0 Å². The average Bonchev–Trinajstić information content (AvgIpc) is 3.14. The van der Waals surface area contributed by atoms with Crippen molar-refractivity contribution in [3.05, 3.63) is 49.8 Å². The van der Waals surface area contributed by atoms with E-state index in [1.54, 1.807) is 0 Å². The number of hydrogen-bond acceptors (Lipinski definition) is 3. The van der Waals surface area contributed by atoms with Gasteiger partial charge in [0.2, 0.25) is 0 Å². The molecule has 0 fully saturated rings. The third kappa shape index (κ3) is 6.19. The van der Waals surface area contributed by atoms with E-state index < -0.39 is 62.6 Å². The Morgan fingerprint density at radius 1 is 0.970 bits per heavy atom. The summed E-state index contributed by atoms with van der Waals surface area (Å²) in [5, 5.41) is 6.75. The summed E-state index contributed by atoms with van der Waals surface area (Å²) in [6.07, 6.45) is -11.3. The van der Waals surface area contributed by atoms with Gasteiger partial charge in [0.05, 0.1) is 27.3 Å². The molecule has 1 radical (unpaired) electrons. The summed E-state index contributed by atoms with van der Waals surface area (Å²) in [5.41, 5.74) is -7.13. The summed E-state index contributed by atoms with van der Waals surface area (Å²) in [4.78, 5) is -0.438. The first kappa shape index (κ1) is 26.2. The summed E-state index contributed by atoms with van der Waals surface area (Å²) >= 11 is 11.2. The van der Waals surface area contributed by atoms with Crippen molar-refractivity contribution in [2.45, 2.75) is 29.2 Å². The molecule has 0 saturated heterocycles. The minimum absolute atomic E-state index is 0.323. The highest BCUT2D eigenvalue weighted by molar-refractivity contribution is 9.11. The van der Waals surface area contributed by atoms with Gasteiger partial charge in [-0.15, -0.1) is 0 Å². The number of nitrogens with zero attached hydrogens (tertiary/aromatic N) is 4. The van der Waals surface area contributed by atoms with E-state index in [2.05, 4.69) is 48.1 Å². The van der Waals surface area contributed by atoms with Gasteiger partial charge in [0, 0.05) is 17.0 Å². The van der Waals surface area contributed by atoms with E-state index in [0.29, 0.717) is 15.4 Å². The molecule has 3 aromatic rings. The highest BCUT2D eigenvalue weighted by Gasteiger charge is 2.37. The lowest BCUT2D eigenvalue weighted by atomic mass is 10.3. The van der Waals surface area contributed by atoms with Crippen molar-refractivity contribution >= 4 is 55.2 Å². The van der Waals surface area contributed by atoms with E-state index in [1.807, 2.05) is 0 Å². The third-order valence-corrected chi connectivity index (χ3v) is 6.09. The first-order valence-electron chi connectivity index (χ1n) is 8.11. The molecule has 1 aromatic carbocycles. The number of benzene rings is 1. The van der Waals surface area contributed by atoms with Gasteiger partial charge in [-0.2, -0.15) is 49.7 Å². The molecule has 0 aliphatic heterocycles. The molecule has 0 unspecified atom stereocenters. The van der Waals surface area contributed by atoms with Crippen molar-refractivity contribution < 1.29 is 39.5 Å². The monoisotopic (exact) mass is 649 g/mol. The van der Waals surface area contributed by atoms with Crippen LogP contribution in [0, 0.1) is 6.07 Å². The van der Waals surface area contributed by atoms with E-state index in [0.717, 1.165) is 12.1 Å². The fraction of sp³-hybridized carbons (Fsp3) is 0.250. The van der Waals surface area contributed by atoms with Crippen LogP contribution in [-0.4, -0.2) is 31.2 Å². The Morgan fingerprint density at radius 3 is 2.12 bits per heavy atom. The molecule has 3 rings (SSSR count). The average molecular weight is 652 g/mol. The predicted octanol–water partition coefficient (Wildman–Crippen LogP) is 7.77. The van der Waals surface area contributed by atoms with Crippen LogP contribution in [0.15, 0.2) is 32.2 Å². The number of thioether (sulfide) groups is 1. The Labute approximate surface area is 204 Å². The first-order valence-corrected chi connectivity index (χ1v) is 10.9. The summed E-state index contributed by atoms with van der Waals surface area (Å²) in [5.74, 6) is -0.471. The molecule has 0 atom stereocenters. The molecule has 0 aliphatic carbocycles. The maximum atomic E-state index is 13.1. The quantitative estimate of drug-likeness (QED) is 0.214. The van der Waals surface area contributed by atoms with Crippen molar-refractivity contribution in [1.82, 2.24) is 19.6 Å². The molecule has 0 amide bonds. The van der Waals surface area contributed by atoms with Crippen LogP contribution in [0.5, 0.6) is 0 Å². The number of hydrogen-bond donors (Lipinski definition) is 0. The van der Waals surface area contributed by atoms with Gasteiger partial charge in [-0.25, -0.2) is 9.36 Å². The molecular formula is C16H5Br2ClF9N4S. The van der Waals surface area contributed by atoms with Gasteiger partial charge in [0.25, 0.3) is 0 Å². The Kier molecular flexibility index (Phi) is 7.15. The molecule has 4 nitrogen and oxygen atoms in total. The Balaban J connectivity index is 2.28. The second kappa shape index (κ2) is 9.00. The fourth-order valence-corrected chi connectivity index (χ4v) is 4.29. The molecule has 0 saturated carbocycles. The first-order chi connectivity index (χ1) is 15.0. The summed E-state index contributed by atoms with van der Waals surface area (Å²) < 4.78 is 117. The molecule has 2 heterocycles. The highest BCUT2D eigenvalue weighted by Crippen LogP contribution is 2.41. The Hall–Kier alpha value is -1.39. The molecule has 0 aliphatic rings. The minimum Gasteiger partial charge on any atom is -0.212 e. The van der Waals surface area contributed by atoms with Crippen LogP contribution in [0.1, 0.15) is 11.4 Å². The lowest BCUT2D eigenvalue weighted by molar-refractivity contribution is -0.141. The minimum atomic E-state index is -4.89. The molecule has 33 heavy (non-hydrogen) atoms. The van der Waals surface area contributed by atoms with Crippen LogP contribution < -0.4 is 0 Å². The largest absolute Gasteiger partial charge is 0.446 e. The summed E-state index contributed by atoms with van der Waals surface area (Å²) in [7, 11) is 0. The fourth-order valence-electron chi connectivity index (χ4n) is 2.53. The van der Waals surface area contributed by atoms with Crippen LogP contribution in [0.25, 0.3) is 11.5 Å². The van der Waals surface area contributed by atoms with Crippen molar-refractivity contribution in [3.63, 3.8) is 0 Å². The standard InChI is InChI=1S/C16H5Br2ClF9N4S/c17-11-4-10(15(23,24)25)30-32(11)13-12(18)8(5-14(20,21)22)29-31(13)9-3-6(1-2-7(9)19)33-16(26,27)28/h1,3-4H,5H2. The normalized spacial score (nSPS) is 13.1. The van der Waals surface area contributed by atoms with Crippen molar-refractivity contribution in [2.24, 2.45) is 0 Å². The van der Waals surface area contributed by atoms with Crippen LogP contribution in [-0.2, 0) is 12.6 Å². The molecule has 179 valence electrons. The zero-order valence-electron chi connectivity index (χ0n) is 15.2.